The molecule has 21 heavy (non-hydrogen) atoms. The minimum Gasteiger partial charge on any atom is -0.497 e. The fourth-order valence-electron chi connectivity index (χ4n) is 2.51. The van der Waals surface area contributed by atoms with Crippen LogP contribution in [0.4, 0.5) is 4.39 Å². The molecule has 4 heteroatoms. The Balaban J connectivity index is 2.47. The molecule has 0 aliphatic carbocycles. The molecular formula is C17H21FN2O. The van der Waals surface area contributed by atoms with Crippen molar-refractivity contribution in [3.05, 3.63) is 58.7 Å². The van der Waals surface area contributed by atoms with Gasteiger partial charge in [0.25, 0.3) is 0 Å². The Labute approximate surface area is 125 Å². The highest BCUT2D eigenvalue weighted by Gasteiger charge is 2.18. The van der Waals surface area contributed by atoms with E-state index in [0.717, 1.165) is 23.5 Å². The third-order valence-corrected chi connectivity index (χ3v) is 3.36. The fraction of sp³-hybridized carbons (Fsp3) is 0.353. The number of nitrogens with one attached hydrogen (secondary N) is 1. The molecule has 2 rings (SSSR count). The summed E-state index contributed by atoms with van der Waals surface area (Å²) in [6.07, 6.45) is 0. The molecule has 3 nitrogen and oxygen atoms in total. The average molecular weight is 288 g/mol. The van der Waals surface area contributed by atoms with Crippen LogP contribution in [0.3, 0.4) is 0 Å². The van der Waals surface area contributed by atoms with E-state index < -0.39 is 0 Å². The molecule has 0 saturated heterocycles. The van der Waals surface area contributed by atoms with Crippen LogP contribution < -0.4 is 10.1 Å². The topological polar surface area (TPSA) is 34.2 Å². The SMILES string of the molecule is CCNC(c1cc(C)nc(C)c1)c1ccc(OC)cc1F. The molecule has 1 aromatic heterocycles. The van der Waals surface area contributed by atoms with Gasteiger partial charge in [-0.15, -0.1) is 0 Å². The van der Waals surface area contributed by atoms with Gasteiger partial charge in [0.05, 0.1) is 13.2 Å². The summed E-state index contributed by atoms with van der Waals surface area (Å²) in [5.74, 6) is 0.251. The van der Waals surface area contributed by atoms with Gasteiger partial charge in [-0.05, 0) is 44.2 Å². The lowest BCUT2D eigenvalue weighted by molar-refractivity contribution is 0.410. The van der Waals surface area contributed by atoms with Crippen molar-refractivity contribution in [1.29, 1.82) is 0 Å². The maximum Gasteiger partial charge on any atom is 0.132 e. The number of hydrogen-bond donors (Lipinski definition) is 1. The van der Waals surface area contributed by atoms with Crippen LogP contribution in [0.15, 0.2) is 30.3 Å². The highest BCUT2D eigenvalue weighted by atomic mass is 19.1. The first-order chi connectivity index (χ1) is 10.0. The molecule has 0 saturated carbocycles. The molecule has 1 unspecified atom stereocenters. The Bertz CT molecular complexity index is 608. The molecule has 0 fully saturated rings. The number of ether oxygens (including phenoxy) is 1. The molecule has 1 N–H and O–H groups in total. The first-order valence-corrected chi connectivity index (χ1v) is 7.07. The lowest BCUT2D eigenvalue weighted by Crippen LogP contribution is -2.23. The minimum absolute atomic E-state index is 0.193. The molecule has 112 valence electrons. The van der Waals surface area contributed by atoms with Crippen molar-refractivity contribution in [2.45, 2.75) is 26.8 Å². The number of rotatable bonds is 5. The van der Waals surface area contributed by atoms with Crippen molar-refractivity contribution in [1.82, 2.24) is 10.3 Å². The Kier molecular flexibility index (Phi) is 4.91. The third-order valence-electron chi connectivity index (χ3n) is 3.36. The smallest absolute Gasteiger partial charge is 0.132 e. The van der Waals surface area contributed by atoms with Crippen LogP contribution >= 0.6 is 0 Å². The quantitative estimate of drug-likeness (QED) is 0.913. The number of pyridine rings is 1. The van der Waals surface area contributed by atoms with E-state index in [1.807, 2.05) is 32.9 Å². The summed E-state index contributed by atoms with van der Waals surface area (Å²) < 4.78 is 19.4. The Hall–Kier alpha value is -1.94. The molecule has 1 heterocycles. The van der Waals surface area contributed by atoms with Crippen LogP contribution in [0, 0.1) is 19.7 Å². The molecule has 0 aliphatic rings. The summed E-state index contributed by atoms with van der Waals surface area (Å²) in [7, 11) is 1.53. The first kappa shape index (κ1) is 15.4. The first-order valence-electron chi connectivity index (χ1n) is 7.07. The van der Waals surface area contributed by atoms with Gasteiger partial charge in [-0.25, -0.2) is 4.39 Å². The Morgan fingerprint density at radius 2 is 1.86 bits per heavy atom. The van der Waals surface area contributed by atoms with Crippen LogP contribution in [0.25, 0.3) is 0 Å². The summed E-state index contributed by atoms with van der Waals surface area (Å²) in [6.45, 7) is 6.65. The normalized spacial score (nSPS) is 12.2. The lowest BCUT2D eigenvalue weighted by Gasteiger charge is -2.20. The van der Waals surface area contributed by atoms with Crippen LogP contribution in [0.1, 0.15) is 35.5 Å². The average Bonchev–Trinajstić information content (AvgIpc) is 2.44. The lowest BCUT2D eigenvalue weighted by atomic mass is 9.97. The molecule has 0 spiro atoms. The number of hydrogen-bond acceptors (Lipinski definition) is 3. The van der Waals surface area contributed by atoms with E-state index >= 15 is 0 Å². The molecule has 0 radical (unpaired) electrons. The molecule has 1 atom stereocenters. The predicted octanol–water partition coefficient (Wildman–Crippen LogP) is 3.55. The van der Waals surface area contributed by atoms with Gasteiger partial charge in [-0.2, -0.15) is 0 Å². The number of halogens is 1. The van der Waals surface area contributed by atoms with Crippen molar-refractivity contribution in [2.75, 3.05) is 13.7 Å². The van der Waals surface area contributed by atoms with Gasteiger partial charge in [0.15, 0.2) is 0 Å². The van der Waals surface area contributed by atoms with E-state index in [1.165, 1.54) is 13.2 Å². The van der Waals surface area contributed by atoms with Gasteiger partial charge in [0.2, 0.25) is 0 Å². The van der Waals surface area contributed by atoms with Crippen molar-refractivity contribution >= 4 is 0 Å². The van der Waals surface area contributed by atoms with Gasteiger partial charge in [-0.3, -0.25) is 4.98 Å². The zero-order valence-corrected chi connectivity index (χ0v) is 12.9. The Morgan fingerprint density at radius 3 is 2.38 bits per heavy atom. The molecule has 0 bridgehead atoms. The summed E-state index contributed by atoms with van der Waals surface area (Å²) in [6, 6.07) is 8.76. The van der Waals surface area contributed by atoms with E-state index in [0.29, 0.717) is 11.3 Å². The summed E-state index contributed by atoms with van der Waals surface area (Å²) in [5.41, 5.74) is 3.50. The van der Waals surface area contributed by atoms with E-state index in [2.05, 4.69) is 10.3 Å². The van der Waals surface area contributed by atoms with E-state index in [9.17, 15) is 4.39 Å². The van der Waals surface area contributed by atoms with Gasteiger partial charge >= 0.3 is 0 Å². The maximum atomic E-state index is 14.4. The van der Waals surface area contributed by atoms with Gasteiger partial charge < -0.3 is 10.1 Å². The molecule has 0 amide bonds. The van der Waals surface area contributed by atoms with E-state index in [-0.39, 0.29) is 11.9 Å². The van der Waals surface area contributed by atoms with Gasteiger partial charge in [0, 0.05) is 23.0 Å². The number of methoxy groups -OCH3 is 1. The number of benzene rings is 1. The third kappa shape index (κ3) is 3.58. The summed E-state index contributed by atoms with van der Waals surface area (Å²) >= 11 is 0. The van der Waals surface area contributed by atoms with Crippen molar-refractivity contribution in [3.63, 3.8) is 0 Å². The highest BCUT2D eigenvalue weighted by Crippen LogP contribution is 2.27. The number of aromatic nitrogens is 1. The number of nitrogens with zero attached hydrogens (tertiary/aromatic N) is 1. The maximum absolute atomic E-state index is 14.4. The summed E-state index contributed by atoms with van der Waals surface area (Å²) in [5, 5.41) is 3.34. The van der Waals surface area contributed by atoms with E-state index in [1.54, 1.807) is 12.1 Å². The molecule has 0 aliphatic heterocycles. The minimum atomic E-state index is -0.271. The van der Waals surface area contributed by atoms with Crippen LogP contribution in [0.2, 0.25) is 0 Å². The van der Waals surface area contributed by atoms with Crippen LogP contribution in [-0.4, -0.2) is 18.6 Å². The van der Waals surface area contributed by atoms with Gasteiger partial charge in [0.1, 0.15) is 11.6 Å². The zero-order valence-electron chi connectivity index (χ0n) is 12.9. The largest absolute Gasteiger partial charge is 0.497 e. The molecule has 1 aromatic carbocycles. The standard InChI is InChI=1S/C17H21FN2O/c1-5-19-17(13-8-11(2)20-12(3)9-13)15-7-6-14(21-4)10-16(15)18/h6-10,17,19H,5H2,1-4H3. The van der Waals surface area contributed by atoms with Crippen molar-refractivity contribution in [2.24, 2.45) is 0 Å². The second-order valence-electron chi connectivity index (χ2n) is 5.06. The molecular weight excluding hydrogens is 267 g/mol. The van der Waals surface area contributed by atoms with E-state index in [4.69, 9.17) is 4.74 Å². The second-order valence-corrected chi connectivity index (χ2v) is 5.06. The Morgan fingerprint density at radius 1 is 1.19 bits per heavy atom. The monoisotopic (exact) mass is 288 g/mol. The van der Waals surface area contributed by atoms with Crippen molar-refractivity contribution < 1.29 is 9.13 Å². The zero-order chi connectivity index (χ0) is 15.4. The van der Waals surface area contributed by atoms with Crippen molar-refractivity contribution in [3.8, 4) is 5.75 Å². The summed E-state index contributed by atoms with van der Waals surface area (Å²) in [4.78, 5) is 4.38. The predicted molar refractivity (Wildman–Crippen MR) is 82.2 cm³/mol. The van der Waals surface area contributed by atoms with Gasteiger partial charge in [-0.1, -0.05) is 13.0 Å². The fourth-order valence-corrected chi connectivity index (χ4v) is 2.51. The second kappa shape index (κ2) is 6.68. The van der Waals surface area contributed by atoms with Crippen LogP contribution in [-0.2, 0) is 0 Å². The highest BCUT2D eigenvalue weighted by molar-refractivity contribution is 5.37. The number of aryl methyl sites for hydroxylation is 2. The van der Waals surface area contributed by atoms with Crippen LogP contribution in [0.5, 0.6) is 5.75 Å². The molecule has 2 aromatic rings.